The number of carbonyl (C=O) groups excluding carboxylic acids is 3. The predicted octanol–water partition coefficient (Wildman–Crippen LogP) is 2.51. The first-order valence-corrected chi connectivity index (χ1v) is 18.5. The zero-order valence-corrected chi connectivity index (χ0v) is 29.4. The molecule has 4 amide bonds. The molecule has 270 valence electrons. The second kappa shape index (κ2) is 13.3. The van der Waals surface area contributed by atoms with Crippen molar-refractivity contribution in [3.8, 4) is 11.6 Å². The highest BCUT2D eigenvalue weighted by molar-refractivity contribution is 7.91. The Morgan fingerprint density at radius 3 is 2.58 bits per heavy atom. The third-order valence-corrected chi connectivity index (χ3v) is 12.7. The maximum atomic E-state index is 14.2. The van der Waals surface area contributed by atoms with Gasteiger partial charge in [0.15, 0.2) is 0 Å². The molecule has 0 unspecified atom stereocenters. The van der Waals surface area contributed by atoms with Gasteiger partial charge in [0.2, 0.25) is 27.7 Å². The lowest BCUT2D eigenvalue weighted by atomic mass is 9.92. The van der Waals surface area contributed by atoms with Gasteiger partial charge in [-0.1, -0.05) is 32.4 Å². The predicted molar refractivity (Wildman–Crippen MR) is 181 cm³/mol. The number of ether oxygens (including phenoxy) is 2. The Morgan fingerprint density at radius 1 is 1.12 bits per heavy atom. The molecule has 6 rings (SSSR count). The molecule has 3 heterocycles. The van der Waals surface area contributed by atoms with E-state index in [9.17, 15) is 32.7 Å². The van der Waals surface area contributed by atoms with Crippen molar-refractivity contribution in [3.63, 3.8) is 0 Å². The molecular weight excluding hydrogens is 668 g/mol. The topological polar surface area (TPSA) is 206 Å². The van der Waals surface area contributed by atoms with Gasteiger partial charge in [-0.15, -0.1) is 0 Å². The van der Waals surface area contributed by atoms with Crippen molar-refractivity contribution in [1.29, 1.82) is 0 Å². The summed E-state index contributed by atoms with van der Waals surface area (Å²) >= 11 is 0. The van der Waals surface area contributed by atoms with Crippen molar-refractivity contribution in [2.24, 2.45) is 17.8 Å². The lowest BCUT2D eigenvalue weighted by Crippen LogP contribution is -2.59. The molecule has 2 saturated carbocycles. The van der Waals surface area contributed by atoms with Gasteiger partial charge >= 0.3 is 6.09 Å². The first kappa shape index (κ1) is 35.4. The molecular formula is C34H44N6O9S. The molecule has 4 aliphatic rings. The number of allylic oxidation sites excluding steroid dienone is 1. The Hall–Kier alpha value is -4.47. The minimum absolute atomic E-state index is 0.00478. The number of nitrogens with one attached hydrogen (secondary N) is 3. The van der Waals surface area contributed by atoms with Crippen LogP contribution in [0, 0.1) is 17.8 Å². The Bertz CT molecular complexity index is 1830. The summed E-state index contributed by atoms with van der Waals surface area (Å²) in [6, 6.07) is 2.88. The molecule has 15 nitrogen and oxygen atoms in total. The first-order valence-electron chi connectivity index (χ1n) is 17.0. The number of sulfonamides is 1. The number of methoxy groups -OCH3 is 1. The molecule has 50 heavy (non-hydrogen) atoms. The number of benzene rings is 1. The molecule has 2 aliphatic carbocycles. The highest BCUT2D eigenvalue weighted by Crippen LogP contribution is 2.47. The summed E-state index contributed by atoms with van der Waals surface area (Å²) in [7, 11) is -2.47. The van der Waals surface area contributed by atoms with Gasteiger partial charge in [-0.25, -0.2) is 23.2 Å². The summed E-state index contributed by atoms with van der Waals surface area (Å²) in [5.41, 5.74) is -0.436. The Labute approximate surface area is 290 Å². The molecule has 2 aliphatic heterocycles. The van der Waals surface area contributed by atoms with Crippen molar-refractivity contribution >= 4 is 44.9 Å². The van der Waals surface area contributed by atoms with E-state index in [2.05, 4.69) is 25.3 Å². The number of nitrogens with zero attached hydrogens (tertiary/aromatic N) is 3. The van der Waals surface area contributed by atoms with Gasteiger partial charge < -0.3 is 30.1 Å². The number of carbonyl (C=O) groups is 4. The fraction of sp³-hybridized carbons (Fsp3) is 0.588. The summed E-state index contributed by atoms with van der Waals surface area (Å²) in [6.07, 6.45) is 6.12. The second-order valence-electron chi connectivity index (χ2n) is 14.4. The van der Waals surface area contributed by atoms with Crippen LogP contribution in [0.15, 0.2) is 36.5 Å². The van der Waals surface area contributed by atoms with E-state index in [1.54, 1.807) is 32.0 Å². The average molecular weight is 713 g/mol. The van der Waals surface area contributed by atoms with Crippen LogP contribution < -0.4 is 24.8 Å². The summed E-state index contributed by atoms with van der Waals surface area (Å²) in [4.78, 5) is 64.3. The molecule has 1 aromatic carbocycles. The van der Waals surface area contributed by atoms with E-state index in [0.29, 0.717) is 42.5 Å². The lowest BCUT2D eigenvalue weighted by Gasteiger charge is -2.31. The number of carboxylic acid groups (broad SMARTS) is 1. The fourth-order valence-electron chi connectivity index (χ4n) is 6.88. The van der Waals surface area contributed by atoms with E-state index >= 15 is 0 Å². The monoisotopic (exact) mass is 712 g/mol. The van der Waals surface area contributed by atoms with E-state index in [-0.39, 0.29) is 31.2 Å². The normalized spacial score (nSPS) is 30.9. The third kappa shape index (κ3) is 7.07. The highest BCUT2D eigenvalue weighted by atomic mass is 32.2. The van der Waals surface area contributed by atoms with Crippen LogP contribution in [0.5, 0.6) is 11.6 Å². The van der Waals surface area contributed by atoms with Crippen molar-refractivity contribution < 1.29 is 42.2 Å². The minimum Gasteiger partial charge on any atom is -0.497 e. The highest BCUT2D eigenvalue weighted by Gasteiger charge is 2.63. The zero-order valence-electron chi connectivity index (χ0n) is 28.5. The molecule has 16 heteroatoms. The molecule has 0 bridgehead atoms. The van der Waals surface area contributed by atoms with E-state index < -0.39 is 74.1 Å². The van der Waals surface area contributed by atoms with E-state index in [1.807, 2.05) is 19.1 Å². The lowest BCUT2D eigenvalue weighted by molar-refractivity contribution is -0.142. The number of hydrogen-bond donors (Lipinski definition) is 4. The minimum atomic E-state index is -4.00. The van der Waals surface area contributed by atoms with Gasteiger partial charge in [0, 0.05) is 18.4 Å². The largest absolute Gasteiger partial charge is 0.497 e. The third-order valence-electron chi connectivity index (χ3n) is 10.6. The molecule has 0 radical (unpaired) electrons. The fourth-order valence-corrected chi connectivity index (χ4v) is 8.19. The van der Waals surface area contributed by atoms with Gasteiger partial charge in [0.05, 0.1) is 35.6 Å². The van der Waals surface area contributed by atoms with Gasteiger partial charge in [-0.05, 0) is 63.0 Å². The maximum absolute atomic E-state index is 14.2. The SMILES string of the molecule is COc1ccc2ncc(O[C@@H]3C[C@H]4C(=O)N[C@]5(C(=O)NS(=O)(=O)C6(C)CC6)C[C@H]5C=C[C@@H](C)CCC[C@@H](C)[C@H](NC(=O)O)C(=O)N4C3)nc2c1. The molecule has 1 saturated heterocycles. The van der Waals surface area contributed by atoms with Crippen LogP contribution >= 0.6 is 0 Å². The number of hydrogen-bond acceptors (Lipinski definition) is 10. The smallest absolute Gasteiger partial charge is 0.405 e. The van der Waals surface area contributed by atoms with E-state index in [1.165, 1.54) is 18.2 Å². The number of fused-ring (bicyclic) bond motifs is 3. The Kier molecular flexibility index (Phi) is 9.43. The standard InChI is InChI=1S/C34H44N6O9S/c1-19-6-5-7-20(2)28(37-32(44)45)30(42)40-18-23(49-27-17-35-24-11-10-22(48-4)14-25(24)36-27)15-26(40)29(41)38-34(16-21(34)9-8-19)31(43)39-50(46,47)33(3)12-13-33/h8-11,14,17,19-21,23,26,28,37H,5-7,12-13,15-16,18H2,1-4H3,(H,38,41)(H,39,43)(H,44,45)/t19-,20+,21+,23+,26-,28-,34+/m0/s1. The summed E-state index contributed by atoms with van der Waals surface area (Å²) in [5, 5.41) is 14.9. The van der Waals surface area contributed by atoms with Crippen LogP contribution in [0.3, 0.4) is 0 Å². The van der Waals surface area contributed by atoms with Crippen LogP contribution in [-0.2, 0) is 24.4 Å². The number of rotatable bonds is 7. The maximum Gasteiger partial charge on any atom is 0.405 e. The number of aromatic nitrogens is 2. The van der Waals surface area contributed by atoms with E-state index in [4.69, 9.17) is 9.47 Å². The molecule has 4 N–H and O–H groups in total. The van der Waals surface area contributed by atoms with Crippen molar-refractivity contribution in [3.05, 3.63) is 36.5 Å². The van der Waals surface area contributed by atoms with Crippen LogP contribution in [0.4, 0.5) is 4.79 Å². The molecule has 7 atom stereocenters. The summed E-state index contributed by atoms with van der Waals surface area (Å²) in [6.45, 7) is 5.30. The Morgan fingerprint density at radius 2 is 1.88 bits per heavy atom. The Balaban J connectivity index is 1.32. The van der Waals surface area contributed by atoms with Crippen LogP contribution in [-0.4, -0.2) is 94.3 Å². The van der Waals surface area contributed by atoms with Crippen LogP contribution in [0.25, 0.3) is 11.0 Å². The van der Waals surface area contributed by atoms with Gasteiger partial charge in [-0.3, -0.25) is 19.1 Å². The second-order valence-corrected chi connectivity index (χ2v) is 16.6. The van der Waals surface area contributed by atoms with Crippen LogP contribution in [0.1, 0.15) is 65.7 Å². The molecule has 0 spiro atoms. The van der Waals surface area contributed by atoms with Crippen LogP contribution in [0.2, 0.25) is 0 Å². The van der Waals surface area contributed by atoms with Crippen molar-refractivity contribution in [1.82, 2.24) is 30.2 Å². The molecule has 1 aromatic heterocycles. The van der Waals surface area contributed by atoms with Gasteiger partial charge in [-0.2, -0.15) is 0 Å². The summed E-state index contributed by atoms with van der Waals surface area (Å²) < 4.78 is 38.8. The van der Waals surface area contributed by atoms with Gasteiger partial charge in [0.25, 0.3) is 5.91 Å². The van der Waals surface area contributed by atoms with E-state index in [0.717, 1.165) is 6.42 Å². The first-order chi connectivity index (χ1) is 23.6. The molecule has 3 fully saturated rings. The van der Waals surface area contributed by atoms with Gasteiger partial charge in [0.1, 0.15) is 29.5 Å². The average Bonchev–Trinajstić information content (AvgIpc) is 3.95. The summed E-state index contributed by atoms with van der Waals surface area (Å²) in [5.74, 6) is -2.16. The van der Waals surface area contributed by atoms with Crippen molar-refractivity contribution in [2.45, 2.75) is 94.2 Å². The molecule has 2 aromatic rings. The quantitative estimate of drug-likeness (QED) is 0.307. The number of amides is 4. The van der Waals surface area contributed by atoms with Crippen molar-refractivity contribution in [2.75, 3.05) is 13.7 Å². The zero-order chi connectivity index (χ0) is 36.0.